The van der Waals surface area contributed by atoms with Crippen molar-refractivity contribution in [2.75, 3.05) is 5.32 Å². The van der Waals surface area contributed by atoms with E-state index in [0.717, 1.165) is 16.9 Å². The number of nitrogens with one attached hydrogen (secondary N) is 1. The molecule has 0 saturated heterocycles. The van der Waals surface area contributed by atoms with Gasteiger partial charge >= 0.3 is 0 Å². The molecule has 0 aliphatic rings. The second-order valence-corrected chi connectivity index (χ2v) is 7.82. The summed E-state index contributed by atoms with van der Waals surface area (Å²) in [5.74, 6) is 1.00. The number of nitrogens with zero attached hydrogens (tertiary/aromatic N) is 2. The number of amides is 1. The van der Waals surface area contributed by atoms with E-state index >= 15 is 0 Å². The molecule has 4 aromatic rings. The second-order valence-electron chi connectivity index (χ2n) is 7.41. The molecule has 1 amide bonds. The first-order chi connectivity index (χ1) is 15.4. The van der Waals surface area contributed by atoms with Crippen LogP contribution in [0.25, 0.3) is 0 Å². The number of anilines is 1. The van der Waals surface area contributed by atoms with Gasteiger partial charge in [0.15, 0.2) is 11.6 Å². The number of aryl methyl sites for hydroxylation is 2. The molecule has 32 heavy (non-hydrogen) atoms. The number of hydrogen-bond donors (Lipinski definition) is 1. The van der Waals surface area contributed by atoms with Gasteiger partial charge in [0.1, 0.15) is 23.9 Å². The van der Waals surface area contributed by atoms with Crippen molar-refractivity contribution < 1.29 is 18.3 Å². The maximum absolute atomic E-state index is 13.2. The third kappa shape index (κ3) is 5.18. The van der Waals surface area contributed by atoms with Crippen LogP contribution >= 0.6 is 11.6 Å². The molecule has 2 aromatic heterocycles. The molecule has 0 bridgehead atoms. The van der Waals surface area contributed by atoms with Gasteiger partial charge in [0.05, 0.1) is 6.54 Å². The summed E-state index contributed by atoms with van der Waals surface area (Å²) in [6.45, 7) is 4.52. The normalized spacial score (nSPS) is 10.9. The third-order valence-corrected chi connectivity index (χ3v) is 5.18. The van der Waals surface area contributed by atoms with Gasteiger partial charge in [-0.25, -0.2) is 4.39 Å². The Bertz CT molecular complexity index is 1270. The van der Waals surface area contributed by atoms with Gasteiger partial charge in [-0.15, -0.1) is 0 Å². The van der Waals surface area contributed by atoms with Crippen LogP contribution in [0.3, 0.4) is 0 Å². The van der Waals surface area contributed by atoms with Crippen LogP contribution in [-0.4, -0.2) is 15.7 Å². The topological polar surface area (TPSA) is 69.3 Å². The Morgan fingerprint density at radius 3 is 2.81 bits per heavy atom. The Morgan fingerprint density at radius 2 is 2.00 bits per heavy atom. The van der Waals surface area contributed by atoms with Crippen molar-refractivity contribution in [1.82, 2.24) is 9.78 Å². The van der Waals surface area contributed by atoms with Crippen LogP contribution in [0.15, 0.2) is 65.2 Å². The van der Waals surface area contributed by atoms with Gasteiger partial charge in [0.25, 0.3) is 5.91 Å². The summed E-state index contributed by atoms with van der Waals surface area (Å²) in [6.07, 6.45) is 1.70. The molecule has 6 nitrogen and oxygen atoms in total. The zero-order chi connectivity index (χ0) is 22.7. The number of hydrogen-bond acceptors (Lipinski definition) is 4. The van der Waals surface area contributed by atoms with Crippen molar-refractivity contribution in [3.05, 3.63) is 99.8 Å². The lowest BCUT2D eigenvalue weighted by atomic mass is 10.1. The van der Waals surface area contributed by atoms with Crippen molar-refractivity contribution in [2.45, 2.75) is 27.0 Å². The van der Waals surface area contributed by atoms with Crippen LogP contribution in [0, 0.1) is 19.7 Å². The van der Waals surface area contributed by atoms with Gasteiger partial charge in [-0.2, -0.15) is 5.10 Å². The van der Waals surface area contributed by atoms with E-state index in [2.05, 4.69) is 10.4 Å². The molecule has 164 valence electrons. The third-order valence-electron chi connectivity index (χ3n) is 4.83. The zero-order valence-electron chi connectivity index (χ0n) is 17.6. The van der Waals surface area contributed by atoms with E-state index in [1.165, 1.54) is 12.1 Å². The molecule has 0 spiro atoms. The average molecular weight is 454 g/mol. The fraction of sp³-hybridized carbons (Fsp3) is 0.167. The maximum Gasteiger partial charge on any atom is 0.292 e. The fourth-order valence-electron chi connectivity index (χ4n) is 3.11. The maximum atomic E-state index is 13.2. The first kappa shape index (κ1) is 21.6. The van der Waals surface area contributed by atoms with E-state index in [-0.39, 0.29) is 12.4 Å². The molecule has 0 atom stereocenters. The summed E-state index contributed by atoms with van der Waals surface area (Å²) in [7, 11) is 0. The molecule has 0 unspecified atom stereocenters. The Kier molecular flexibility index (Phi) is 6.28. The minimum absolute atomic E-state index is 0.153. The predicted molar refractivity (Wildman–Crippen MR) is 120 cm³/mol. The Labute approximate surface area is 189 Å². The van der Waals surface area contributed by atoms with Gasteiger partial charge in [-0.1, -0.05) is 29.8 Å². The quantitative estimate of drug-likeness (QED) is 0.386. The largest absolute Gasteiger partial charge is 0.485 e. The number of carbonyl (C=O) groups is 1. The zero-order valence-corrected chi connectivity index (χ0v) is 18.3. The van der Waals surface area contributed by atoms with E-state index in [0.29, 0.717) is 28.7 Å². The van der Waals surface area contributed by atoms with E-state index in [4.69, 9.17) is 20.8 Å². The molecular weight excluding hydrogens is 433 g/mol. The van der Waals surface area contributed by atoms with Gasteiger partial charge in [0.2, 0.25) is 0 Å². The Hall–Kier alpha value is -3.58. The molecule has 2 aromatic carbocycles. The van der Waals surface area contributed by atoms with E-state index < -0.39 is 11.7 Å². The molecule has 1 N–H and O–H groups in total. The lowest BCUT2D eigenvalue weighted by Crippen LogP contribution is -2.12. The first-order valence-corrected chi connectivity index (χ1v) is 10.3. The molecule has 0 aliphatic heterocycles. The van der Waals surface area contributed by atoms with Gasteiger partial charge in [-0.05, 0) is 60.9 Å². The summed E-state index contributed by atoms with van der Waals surface area (Å²) < 4.78 is 26.2. The van der Waals surface area contributed by atoms with E-state index in [1.807, 2.05) is 32.0 Å². The van der Waals surface area contributed by atoms with Crippen molar-refractivity contribution in [1.29, 1.82) is 0 Å². The SMILES string of the molecule is Cc1ccc(C)c(OCc2ccc(C(=O)Nc3ccn(Cc4ccc(F)cc4Cl)n3)o2)c1. The van der Waals surface area contributed by atoms with Crippen LogP contribution in [-0.2, 0) is 13.2 Å². The minimum atomic E-state index is -0.423. The monoisotopic (exact) mass is 453 g/mol. The molecule has 0 aliphatic carbocycles. The van der Waals surface area contributed by atoms with Gasteiger partial charge < -0.3 is 14.5 Å². The van der Waals surface area contributed by atoms with Gasteiger partial charge in [0, 0.05) is 17.3 Å². The van der Waals surface area contributed by atoms with Crippen molar-refractivity contribution in [3.8, 4) is 5.75 Å². The predicted octanol–water partition coefficient (Wildman–Crippen LogP) is 5.77. The van der Waals surface area contributed by atoms with Crippen LogP contribution in [0.4, 0.5) is 10.2 Å². The summed E-state index contributed by atoms with van der Waals surface area (Å²) in [5.41, 5.74) is 2.84. The van der Waals surface area contributed by atoms with E-state index in [9.17, 15) is 9.18 Å². The number of rotatable bonds is 7. The number of halogens is 2. The first-order valence-electron chi connectivity index (χ1n) is 9.95. The number of aromatic nitrogens is 2. The highest BCUT2D eigenvalue weighted by atomic mass is 35.5. The molecular formula is C24H21ClFN3O3. The van der Waals surface area contributed by atoms with Crippen LogP contribution in [0.2, 0.25) is 5.02 Å². The Balaban J connectivity index is 1.35. The molecule has 4 rings (SSSR count). The molecule has 0 fully saturated rings. The van der Waals surface area contributed by atoms with Crippen LogP contribution < -0.4 is 10.1 Å². The highest BCUT2D eigenvalue weighted by Crippen LogP contribution is 2.22. The van der Waals surface area contributed by atoms with Crippen molar-refractivity contribution in [3.63, 3.8) is 0 Å². The molecule has 8 heteroatoms. The standard InChI is InChI=1S/C24H21ClFN3O3/c1-15-3-4-16(2)22(11-15)31-14-19-7-8-21(32-19)24(30)27-23-9-10-29(28-23)13-17-5-6-18(26)12-20(17)25/h3-12H,13-14H2,1-2H3,(H,27,28,30). The summed E-state index contributed by atoms with van der Waals surface area (Å²) in [5, 5.41) is 7.31. The van der Waals surface area contributed by atoms with Crippen molar-refractivity contribution in [2.24, 2.45) is 0 Å². The van der Waals surface area contributed by atoms with Crippen molar-refractivity contribution >= 4 is 23.3 Å². The number of carbonyl (C=O) groups excluding carboxylic acids is 1. The summed E-state index contributed by atoms with van der Waals surface area (Å²) >= 11 is 6.06. The number of furan rings is 1. The highest BCUT2D eigenvalue weighted by Gasteiger charge is 2.14. The second kappa shape index (κ2) is 9.28. The molecule has 0 saturated carbocycles. The Morgan fingerprint density at radius 1 is 1.16 bits per heavy atom. The number of ether oxygens (including phenoxy) is 1. The highest BCUT2D eigenvalue weighted by molar-refractivity contribution is 6.31. The molecule has 0 radical (unpaired) electrons. The average Bonchev–Trinajstić information content (AvgIpc) is 3.40. The summed E-state index contributed by atoms with van der Waals surface area (Å²) in [6, 6.07) is 15.1. The van der Waals surface area contributed by atoms with Crippen LogP contribution in [0.1, 0.15) is 33.0 Å². The minimum Gasteiger partial charge on any atom is -0.485 e. The fourth-order valence-corrected chi connectivity index (χ4v) is 3.33. The number of benzene rings is 2. The summed E-state index contributed by atoms with van der Waals surface area (Å²) in [4.78, 5) is 12.5. The molecule has 2 heterocycles. The lowest BCUT2D eigenvalue weighted by Gasteiger charge is -2.08. The smallest absolute Gasteiger partial charge is 0.292 e. The van der Waals surface area contributed by atoms with Crippen LogP contribution in [0.5, 0.6) is 5.75 Å². The van der Waals surface area contributed by atoms with Gasteiger partial charge in [-0.3, -0.25) is 9.48 Å². The van der Waals surface area contributed by atoms with E-state index in [1.54, 1.807) is 35.1 Å². The lowest BCUT2D eigenvalue weighted by molar-refractivity contribution is 0.0992.